The van der Waals surface area contributed by atoms with Crippen molar-refractivity contribution in [2.75, 3.05) is 11.9 Å². The van der Waals surface area contributed by atoms with Crippen molar-refractivity contribution in [2.45, 2.75) is 20.8 Å². The van der Waals surface area contributed by atoms with E-state index in [4.69, 9.17) is 0 Å². The van der Waals surface area contributed by atoms with Gasteiger partial charge >= 0.3 is 0 Å². The van der Waals surface area contributed by atoms with Gasteiger partial charge in [0.1, 0.15) is 5.82 Å². The van der Waals surface area contributed by atoms with Crippen molar-refractivity contribution in [3.05, 3.63) is 29.6 Å². The highest BCUT2D eigenvalue weighted by Gasteiger charge is 2.03. The van der Waals surface area contributed by atoms with E-state index in [-0.39, 0.29) is 5.82 Å². The van der Waals surface area contributed by atoms with Crippen LogP contribution in [0, 0.1) is 18.7 Å². The molecule has 1 aromatic carbocycles. The number of rotatable bonds is 3. The second kappa shape index (κ2) is 4.26. The largest absolute Gasteiger partial charge is 0.382 e. The van der Waals surface area contributed by atoms with Gasteiger partial charge in [-0.2, -0.15) is 0 Å². The SMILES string of the molecule is Cc1cccc(NCC(C)C)c1F. The quantitative estimate of drug-likeness (QED) is 0.755. The van der Waals surface area contributed by atoms with E-state index in [1.54, 1.807) is 19.1 Å². The van der Waals surface area contributed by atoms with E-state index in [1.165, 1.54) is 0 Å². The van der Waals surface area contributed by atoms with Crippen LogP contribution in [0.3, 0.4) is 0 Å². The van der Waals surface area contributed by atoms with Crippen molar-refractivity contribution >= 4 is 5.69 Å². The maximum atomic E-state index is 13.4. The van der Waals surface area contributed by atoms with Gasteiger partial charge in [0.05, 0.1) is 5.69 Å². The highest BCUT2D eigenvalue weighted by Crippen LogP contribution is 2.17. The summed E-state index contributed by atoms with van der Waals surface area (Å²) in [5.74, 6) is 0.392. The molecule has 1 rings (SSSR count). The first-order chi connectivity index (χ1) is 6.11. The molecule has 0 aliphatic heterocycles. The molecule has 0 amide bonds. The number of halogens is 1. The average molecular weight is 181 g/mol. The Morgan fingerprint density at radius 2 is 2.08 bits per heavy atom. The van der Waals surface area contributed by atoms with Crippen LogP contribution in [-0.4, -0.2) is 6.54 Å². The molecule has 13 heavy (non-hydrogen) atoms. The lowest BCUT2D eigenvalue weighted by Gasteiger charge is -2.10. The highest BCUT2D eigenvalue weighted by atomic mass is 19.1. The van der Waals surface area contributed by atoms with Crippen LogP contribution in [0.15, 0.2) is 18.2 Å². The summed E-state index contributed by atoms with van der Waals surface area (Å²) in [6.45, 7) is 6.78. The van der Waals surface area contributed by atoms with Crippen LogP contribution in [-0.2, 0) is 0 Å². The van der Waals surface area contributed by atoms with Gasteiger partial charge in [0.15, 0.2) is 0 Å². The first kappa shape index (κ1) is 10.0. The molecule has 0 spiro atoms. The molecule has 0 unspecified atom stereocenters. The van der Waals surface area contributed by atoms with Gasteiger partial charge in [-0.3, -0.25) is 0 Å². The minimum atomic E-state index is -0.136. The minimum Gasteiger partial charge on any atom is -0.382 e. The summed E-state index contributed by atoms with van der Waals surface area (Å²) >= 11 is 0. The van der Waals surface area contributed by atoms with Crippen LogP contribution in [0.4, 0.5) is 10.1 Å². The molecule has 1 nitrogen and oxygen atoms in total. The van der Waals surface area contributed by atoms with E-state index in [9.17, 15) is 4.39 Å². The average Bonchev–Trinajstić information content (AvgIpc) is 2.07. The summed E-state index contributed by atoms with van der Waals surface area (Å²) in [4.78, 5) is 0. The molecule has 0 heterocycles. The Morgan fingerprint density at radius 3 is 2.69 bits per heavy atom. The van der Waals surface area contributed by atoms with Gasteiger partial charge in [0, 0.05) is 6.54 Å². The van der Waals surface area contributed by atoms with Gasteiger partial charge in [-0.1, -0.05) is 26.0 Å². The third-order valence-electron chi connectivity index (χ3n) is 1.89. The molecule has 2 heteroatoms. The summed E-state index contributed by atoms with van der Waals surface area (Å²) in [6, 6.07) is 5.40. The molecule has 72 valence electrons. The first-order valence-electron chi connectivity index (χ1n) is 4.60. The molecule has 0 atom stereocenters. The van der Waals surface area contributed by atoms with E-state index < -0.39 is 0 Å². The molecule has 0 saturated heterocycles. The lowest BCUT2D eigenvalue weighted by Crippen LogP contribution is -2.09. The van der Waals surface area contributed by atoms with Crippen LogP contribution in [0.25, 0.3) is 0 Å². The third kappa shape index (κ3) is 2.72. The zero-order valence-corrected chi connectivity index (χ0v) is 8.39. The van der Waals surface area contributed by atoms with Gasteiger partial charge in [0.25, 0.3) is 0 Å². The molecular weight excluding hydrogens is 165 g/mol. The van der Waals surface area contributed by atoms with Crippen molar-refractivity contribution in [3.63, 3.8) is 0 Å². The topological polar surface area (TPSA) is 12.0 Å². The zero-order chi connectivity index (χ0) is 9.84. The Balaban J connectivity index is 2.71. The summed E-state index contributed by atoms with van der Waals surface area (Å²) < 4.78 is 13.4. The van der Waals surface area contributed by atoms with Gasteiger partial charge in [-0.15, -0.1) is 0 Å². The van der Waals surface area contributed by atoms with Gasteiger partial charge in [-0.05, 0) is 24.5 Å². The summed E-state index contributed by atoms with van der Waals surface area (Å²) in [5, 5.41) is 3.08. The molecule has 0 aliphatic rings. The number of hydrogen-bond donors (Lipinski definition) is 1. The third-order valence-corrected chi connectivity index (χ3v) is 1.89. The Hall–Kier alpha value is -1.05. The van der Waals surface area contributed by atoms with Crippen LogP contribution >= 0.6 is 0 Å². The summed E-state index contributed by atoms with van der Waals surface area (Å²) in [5.41, 5.74) is 1.29. The van der Waals surface area contributed by atoms with Crippen molar-refractivity contribution < 1.29 is 4.39 Å². The molecule has 0 bridgehead atoms. The maximum absolute atomic E-state index is 13.4. The molecule has 0 radical (unpaired) electrons. The fourth-order valence-corrected chi connectivity index (χ4v) is 1.10. The van der Waals surface area contributed by atoms with E-state index >= 15 is 0 Å². The predicted octanol–water partition coefficient (Wildman–Crippen LogP) is 3.20. The fraction of sp³-hybridized carbons (Fsp3) is 0.455. The molecule has 1 aromatic rings. The zero-order valence-electron chi connectivity index (χ0n) is 8.39. The van der Waals surface area contributed by atoms with E-state index in [0.717, 1.165) is 6.54 Å². The van der Waals surface area contributed by atoms with Crippen LogP contribution in [0.2, 0.25) is 0 Å². The van der Waals surface area contributed by atoms with E-state index in [1.807, 2.05) is 6.07 Å². The molecule has 0 fully saturated rings. The van der Waals surface area contributed by atoms with Gasteiger partial charge < -0.3 is 5.32 Å². The molecular formula is C11H16FN. The smallest absolute Gasteiger partial charge is 0.149 e. The van der Waals surface area contributed by atoms with E-state index in [2.05, 4.69) is 19.2 Å². The lowest BCUT2D eigenvalue weighted by atomic mass is 10.2. The van der Waals surface area contributed by atoms with Crippen molar-refractivity contribution in [1.82, 2.24) is 0 Å². The van der Waals surface area contributed by atoms with Gasteiger partial charge in [-0.25, -0.2) is 4.39 Å². The first-order valence-corrected chi connectivity index (χ1v) is 4.60. The monoisotopic (exact) mass is 181 g/mol. The lowest BCUT2D eigenvalue weighted by molar-refractivity contribution is 0.615. The second-order valence-electron chi connectivity index (χ2n) is 3.71. The normalized spacial score (nSPS) is 10.5. The molecule has 1 N–H and O–H groups in total. The number of hydrogen-bond acceptors (Lipinski definition) is 1. The van der Waals surface area contributed by atoms with Crippen molar-refractivity contribution in [2.24, 2.45) is 5.92 Å². The minimum absolute atomic E-state index is 0.136. The standard InChI is InChI=1S/C11H16FN/c1-8(2)7-13-10-6-4-5-9(3)11(10)12/h4-6,8,13H,7H2,1-3H3. The van der Waals surface area contributed by atoms with Crippen LogP contribution < -0.4 is 5.32 Å². The summed E-state index contributed by atoms with van der Waals surface area (Å²) in [7, 11) is 0. The number of anilines is 1. The Bertz CT molecular complexity index is 281. The predicted molar refractivity (Wildman–Crippen MR) is 54.5 cm³/mol. The van der Waals surface area contributed by atoms with Gasteiger partial charge in [0.2, 0.25) is 0 Å². The number of nitrogens with one attached hydrogen (secondary N) is 1. The molecule has 0 saturated carbocycles. The fourth-order valence-electron chi connectivity index (χ4n) is 1.10. The highest BCUT2D eigenvalue weighted by molar-refractivity contribution is 5.47. The van der Waals surface area contributed by atoms with E-state index in [0.29, 0.717) is 17.2 Å². The Kier molecular flexibility index (Phi) is 3.29. The summed E-state index contributed by atoms with van der Waals surface area (Å²) in [6.07, 6.45) is 0. The number of benzene rings is 1. The molecule has 0 aliphatic carbocycles. The number of aryl methyl sites for hydroxylation is 1. The Labute approximate surface area is 79.0 Å². The van der Waals surface area contributed by atoms with Crippen LogP contribution in [0.5, 0.6) is 0 Å². The second-order valence-corrected chi connectivity index (χ2v) is 3.71. The van der Waals surface area contributed by atoms with Crippen LogP contribution in [0.1, 0.15) is 19.4 Å². The maximum Gasteiger partial charge on any atom is 0.149 e. The Morgan fingerprint density at radius 1 is 1.38 bits per heavy atom. The van der Waals surface area contributed by atoms with Crippen molar-refractivity contribution in [3.8, 4) is 0 Å². The molecule has 0 aromatic heterocycles. The van der Waals surface area contributed by atoms with Crippen molar-refractivity contribution in [1.29, 1.82) is 0 Å².